The number of rotatable bonds is 1. The van der Waals surface area contributed by atoms with Gasteiger partial charge in [-0.1, -0.05) is 0 Å². The molecular weight excluding hydrogens is 222 g/mol. The molecule has 6 heteroatoms. The van der Waals surface area contributed by atoms with Crippen LogP contribution in [0, 0.1) is 0 Å². The Morgan fingerprint density at radius 1 is 1.41 bits per heavy atom. The second-order valence-corrected chi connectivity index (χ2v) is 4.52. The van der Waals surface area contributed by atoms with Crippen LogP contribution in [-0.4, -0.2) is 18.5 Å². The maximum atomic E-state index is 11.7. The maximum Gasteiger partial charge on any atom is 0.322 e. The van der Waals surface area contributed by atoms with Crippen LogP contribution in [-0.2, 0) is 23.3 Å². The minimum absolute atomic E-state index is 0.374. The fraction of sp³-hybridized carbons (Fsp3) is 0.455. The summed E-state index contributed by atoms with van der Waals surface area (Å²) in [5.41, 5.74) is -0.0320. The smallest absolute Gasteiger partial charge is 0.322 e. The summed E-state index contributed by atoms with van der Waals surface area (Å²) in [7, 11) is 0. The first-order chi connectivity index (χ1) is 8.09. The van der Waals surface area contributed by atoms with Gasteiger partial charge in [0.05, 0.1) is 0 Å². The molecule has 0 bridgehead atoms. The van der Waals surface area contributed by atoms with E-state index in [1.165, 1.54) is 0 Å². The Bertz CT molecular complexity index is 485. The first kappa shape index (κ1) is 10.3. The van der Waals surface area contributed by atoms with E-state index in [0.29, 0.717) is 5.76 Å². The van der Waals surface area contributed by atoms with Crippen molar-refractivity contribution in [2.24, 2.45) is 0 Å². The van der Waals surface area contributed by atoms with Crippen molar-refractivity contribution in [2.75, 3.05) is 6.54 Å². The van der Waals surface area contributed by atoms with Gasteiger partial charge in [0.15, 0.2) is 5.54 Å². The highest BCUT2D eigenvalue weighted by atomic mass is 16.3. The van der Waals surface area contributed by atoms with Gasteiger partial charge in [0.2, 0.25) is 0 Å². The monoisotopic (exact) mass is 235 g/mol. The van der Waals surface area contributed by atoms with Crippen molar-refractivity contribution >= 4 is 11.9 Å². The van der Waals surface area contributed by atoms with E-state index in [4.69, 9.17) is 4.42 Å². The molecule has 3 amide bonds. The summed E-state index contributed by atoms with van der Waals surface area (Å²) in [5, 5.41) is 8.04. The SMILES string of the molecule is C[C@@]1(c2cc3c(o2)CCNC3)NC(=O)NC1=O. The molecule has 0 spiro atoms. The third-order valence-electron chi connectivity index (χ3n) is 3.28. The molecule has 2 aliphatic rings. The number of amides is 3. The Labute approximate surface area is 97.7 Å². The van der Waals surface area contributed by atoms with Crippen LogP contribution >= 0.6 is 0 Å². The zero-order valence-electron chi connectivity index (χ0n) is 9.42. The predicted molar refractivity (Wildman–Crippen MR) is 58.1 cm³/mol. The van der Waals surface area contributed by atoms with Gasteiger partial charge in [-0.2, -0.15) is 0 Å². The van der Waals surface area contributed by atoms with Crippen LogP contribution in [0.1, 0.15) is 24.0 Å². The molecule has 0 unspecified atom stereocenters. The molecule has 1 saturated heterocycles. The van der Waals surface area contributed by atoms with E-state index in [1.807, 2.05) is 6.07 Å². The molecule has 0 saturated carbocycles. The lowest BCUT2D eigenvalue weighted by Gasteiger charge is -2.17. The number of hydrogen-bond donors (Lipinski definition) is 3. The van der Waals surface area contributed by atoms with Crippen LogP contribution in [0.2, 0.25) is 0 Å². The zero-order valence-corrected chi connectivity index (χ0v) is 9.42. The van der Waals surface area contributed by atoms with Gasteiger partial charge in [0, 0.05) is 25.1 Å². The van der Waals surface area contributed by atoms with Crippen molar-refractivity contribution in [3.05, 3.63) is 23.2 Å². The number of furan rings is 1. The quantitative estimate of drug-likeness (QED) is 0.597. The van der Waals surface area contributed by atoms with Gasteiger partial charge in [-0.3, -0.25) is 10.1 Å². The first-order valence-electron chi connectivity index (χ1n) is 5.56. The second-order valence-electron chi connectivity index (χ2n) is 4.52. The zero-order chi connectivity index (χ0) is 12.0. The number of carbonyl (C=O) groups excluding carboxylic acids is 2. The molecule has 1 atom stereocenters. The minimum atomic E-state index is -1.09. The third kappa shape index (κ3) is 1.44. The van der Waals surface area contributed by atoms with Gasteiger partial charge in [-0.25, -0.2) is 4.79 Å². The van der Waals surface area contributed by atoms with Crippen LogP contribution < -0.4 is 16.0 Å². The molecule has 6 nitrogen and oxygen atoms in total. The molecule has 3 heterocycles. The minimum Gasteiger partial charge on any atom is -0.463 e. The Morgan fingerprint density at radius 2 is 2.24 bits per heavy atom. The van der Waals surface area contributed by atoms with Crippen molar-refractivity contribution in [2.45, 2.75) is 25.4 Å². The summed E-state index contributed by atoms with van der Waals surface area (Å²) in [4.78, 5) is 22.9. The number of fused-ring (bicyclic) bond motifs is 1. The van der Waals surface area contributed by atoms with E-state index in [0.717, 1.165) is 30.8 Å². The van der Waals surface area contributed by atoms with E-state index in [9.17, 15) is 9.59 Å². The molecule has 1 aromatic heterocycles. The van der Waals surface area contributed by atoms with E-state index >= 15 is 0 Å². The molecule has 3 N–H and O–H groups in total. The lowest BCUT2D eigenvalue weighted by molar-refractivity contribution is -0.124. The number of carbonyl (C=O) groups is 2. The summed E-state index contributed by atoms with van der Waals surface area (Å²) >= 11 is 0. The summed E-state index contributed by atoms with van der Waals surface area (Å²) in [6, 6.07) is 1.36. The maximum absolute atomic E-state index is 11.7. The van der Waals surface area contributed by atoms with Gasteiger partial charge < -0.3 is 15.1 Å². The fourth-order valence-electron chi connectivity index (χ4n) is 2.22. The van der Waals surface area contributed by atoms with Gasteiger partial charge in [-0.15, -0.1) is 0 Å². The summed E-state index contributed by atoms with van der Waals surface area (Å²) < 4.78 is 5.70. The average molecular weight is 235 g/mol. The number of urea groups is 1. The van der Waals surface area contributed by atoms with Crippen molar-refractivity contribution in [3.63, 3.8) is 0 Å². The Morgan fingerprint density at radius 3 is 2.88 bits per heavy atom. The van der Waals surface area contributed by atoms with E-state index in [-0.39, 0.29) is 5.91 Å². The van der Waals surface area contributed by atoms with Crippen molar-refractivity contribution in [1.29, 1.82) is 0 Å². The summed E-state index contributed by atoms with van der Waals surface area (Å²) in [5.74, 6) is 1.02. The van der Waals surface area contributed by atoms with Gasteiger partial charge >= 0.3 is 6.03 Å². The number of nitrogens with one attached hydrogen (secondary N) is 3. The molecule has 2 aliphatic heterocycles. The second kappa shape index (κ2) is 3.33. The first-order valence-corrected chi connectivity index (χ1v) is 5.56. The Kier molecular flexibility index (Phi) is 2.03. The van der Waals surface area contributed by atoms with E-state index in [1.54, 1.807) is 6.92 Å². The number of imide groups is 1. The normalized spacial score (nSPS) is 27.6. The van der Waals surface area contributed by atoms with E-state index < -0.39 is 11.6 Å². The highest BCUT2D eigenvalue weighted by Crippen LogP contribution is 2.29. The summed E-state index contributed by atoms with van der Waals surface area (Å²) in [6.07, 6.45) is 0.807. The largest absolute Gasteiger partial charge is 0.463 e. The van der Waals surface area contributed by atoms with E-state index in [2.05, 4.69) is 16.0 Å². The van der Waals surface area contributed by atoms with Crippen LogP contribution in [0.15, 0.2) is 10.5 Å². The van der Waals surface area contributed by atoms with Crippen LogP contribution in [0.25, 0.3) is 0 Å². The molecule has 1 aromatic rings. The third-order valence-corrected chi connectivity index (χ3v) is 3.28. The standard InChI is InChI=1S/C11H13N3O3/c1-11(9(15)13-10(16)14-11)8-4-6-5-12-3-2-7(6)17-8/h4,12H,2-3,5H2,1H3,(H2,13,14,15,16)/t11-/m0/s1. The molecular formula is C11H13N3O3. The lowest BCUT2D eigenvalue weighted by atomic mass is 9.98. The highest BCUT2D eigenvalue weighted by Gasteiger charge is 2.46. The molecule has 90 valence electrons. The highest BCUT2D eigenvalue weighted by molar-refractivity contribution is 6.06. The molecule has 1 fully saturated rings. The molecule has 0 radical (unpaired) electrons. The van der Waals surface area contributed by atoms with Gasteiger partial charge in [-0.05, 0) is 13.0 Å². The Balaban J connectivity index is 2.01. The van der Waals surface area contributed by atoms with Crippen molar-refractivity contribution in [1.82, 2.24) is 16.0 Å². The van der Waals surface area contributed by atoms with Crippen LogP contribution in [0.5, 0.6) is 0 Å². The topological polar surface area (TPSA) is 83.4 Å². The average Bonchev–Trinajstić information content (AvgIpc) is 2.81. The van der Waals surface area contributed by atoms with Gasteiger partial charge in [0.1, 0.15) is 11.5 Å². The molecule has 0 aliphatic carbocycles. The lowest BCUT2D eigenvalue weighted by Crippen LogP contribution is -2.40. The fourth-order valence-corrected chi connectivity index (χ4v) is 2.22. The van der Waals surface area contributed by atoms with Crippen molar-refractivity contribution in [3.8, 4) is 0 Å². The Hall–Kier alpha value is -1.82. The molecule has 17 heavy (non-hydrogen) atoms. The van der Waals surface area contributed by atoms with Crippen LogP contribution in [0.3, 0.4) is 0 Å². The van der Waals surface area contributed by atoms with Gasteiger partial charge in [0.25, 0.3) is 5.91 Å². The van der Waals surface area contributed by atoms with Crippen LogP contribution in [0.4, 0.5) is 4.79 Å². The van der Waals surface area contributed by atoms with Crippen molar-refractivity contribution < 1.29 is 14.0 Å². The molecule has 0 aromatic carbocycles. The number of hydrogen-bond acceptors (Lipinski definition) is 4. The predicted octanol–water partition coefficient (Wildman–Crippen LogP) is -0.0201. The summed E-state index contributed by atoms with van der Waals surface area (Å²) in [6.45, 7) is 3.25. The molecule has 3 rings (SSSR count).